The molecular weight excluding hydrogens is 288 g/mol. The molecule has 1 N–H and O–H groups in total. The van der Waals surface area contributed by atoms with Gasteiger partial charge in [-0.15, -0.1) is 13.2 Å². The first-order valence-electron chi connectivity index (χ1n) is 5.55. The fourth-order valence-electron chi connectivity index (χ4n) is 1.84. The van der Waals surface area contributed by atoms with Gasteiger partial charge in [-0.2, -0.15) is 0 Å². The van der Waals surface area contributed by atoms with Crippen LogP contribution in [0.4, 0.5) is 0 Å². The first kappa shape index (κ1) is 14.9. The van der Waals surface area contributed by atoms with Crippen LogP contribution in [0.2, 0.25) is 0 Å². The molecule has 1 fully saturated rings. The fraction of sp³-hybridized carbons (Fsp3) is 0.667. The molecule has 0 radical (unpaired) electrons. The quantitative estimate of drug-likeness (QED) is 0.542. The number of rotatable bonds is 8. The molecule has 4 atom stereocenters. The first-order chi connectivity index (χ1) is 8.28. The molecule has 0 aromatic rings. The van der Waals surface area contributed by atoms with E-state index in [-0.39, 0.29) is 31.0 Å². The Labute approximate surface area is 110 Å². The largest absolute Gasteiger partial charge is 0.394 e. The average molecular weight is 307 g/mol. The van der Waals surface area contributed by atoms with Crippen molar-refractivity contribution in [2.45, 2.75) is 24.4 Å². The highest BCUT2D eigenvalue weighted by Gasteiger charge is 2.45. The van der Waals surface area contributed by atoms with Crippen molar-refractivity contribution in [3.05, 3.63) is 25.3 Å². The highest BCUT2D eigenvalue weighted by molar-refractivity contribution is 9.09. The Balaban J connectivity index is 2.67. The van der Waals surface area contributed by atoms with Crippen LogP contribution in [0.5, 0.6) is 0 Å². The monoisotopic (exact) mass is 306 g/mol. The molecule has 0 aromatic heterocycles. The van der Waals surface area contributed by atoms with Crippen molar-refractivity contribution in [1.29, 1.82) is 0 Å². The lowest BCUT2D eigenvalue weighted by Crippen LogP contribution is -2.39. The standard InChI is InChI=1S/C12H19BrO4/c1-3-5-15-11-9(7-13)17-10(8-14)12(11)16-6-4-2/h3-4,9-12,14H,1-2,5-8H2/t9-,10+,11-,12-/m1/s1. The third-order valence-corrected chi connectivity index (χ3v) is 3.19. The molecule has 1 heterocycles. The van der Waals surface area contributed by atoms with Gasteiger partial charge in [0, 0.05) is 5.33 Å². The number of hydrogen-bond acceptors (Lipinski definition) is 4. The smallest absolute Gasteiger partial charge is 0.115 e. The van der Waals surface area contributed by atoms with E-state index in [1.54, 1.807) is 12.2 Å². The van der Waals surface area contributed by atoms with Crippen LogP contribution in [0.3, 0.4) is 0 Å². The summed E-state index contributed by atoms with van der Waals surface area (Å²) in [7, 11) is 0. The van der Waals surface area contributed by atoms with Gasteiger partial charge in [0.15, 0.2) is 0 Å². The van der Waals surface area contributed by atoms with Crippen LogP contribution >= 0.6 is 15.9 Å². The van der Waals surface area contributed by atoms with Gasteiger partial charge in [0.25, 0.3) is 0 Å². The lowest BCUT2D eigenvalue weighted by Gasteiger charge is -2.22. The number of aliphatic hydroxyl groups is 1. The minimum absolute atomic E-state index is 0.0841. The van der Waals surface area contributed by atoms with Crippen LogP contribution < -0.4 is 0 Å². The Hall–Kier alpha value is -0.200. The summed E-state index contributed by atoms with van der Waals surface area (Å²) >= 11 is 3.37. The van der Waals surface area contributed by atoms with Gasteiger partial charge in [-0.3, -0.25) is 0 Å². The Bertz CT molecular complexity index is 223. The zero-order valence-electron chi connectivity index (χ0n) is 9.76. The van der Waals surface area contributed by atoms with Gasteiger partial charge in [0.1, 0.15) is 18.3 Å². The minimum Gasteiger partial charge on any atom is -0.394 e. The normalized spacial score (nSPS) is 32.6. The van der Waals surface area contributed by atoms with Crippen LogP contribution in [0.1, 0.15) is 0 Å². The van der Waals surface area contributed by atoms with E-state index < -0.39 is 0 Å². The van der Waals surface area contributed by atoms with Gasteiger partial charge in [0.05, 0.1) is 25.9 Å². The van der Waals surface area contributed by atoms with E-state index in [9.17, 15) is 5.11 Å². The van der Waals surface area contributed by atoms with Gasteiger partial charge in [-0.25, -0.2) is 0 Å². The first-order valence-corrected chi connectivity index (χ1v) is 6.67. The Morgan fingerprint density at radius 2 is 1.65 bits per heavy atom. The van der Waals surface area contributed by atoms with E-state index in [1.807, 2.05) is 0 Å². The van der Waals surface area contributed by atoms with E-state index in [0.717, 1.165) is 0 Å². The number of halogens is 1. The second kappa shape index (κ2) is 8.00. The fourth-order valence-corrected chi connectivity index (χ4v) is 2.36. The summed E-state index contributed by atoms with van der Waals surface area (Å²) in [6, 6.07) is 0. The molecule has 0 bridgehead atoms. The molecule has 1 rings (SSSR count). The summed E-state index contributed by atoms with van der Waals surface area (Å²) in [5, 5.41) is 9.91. The zero-order valence-corrected chi connectivity index (χ0v) is 11.3. The summed E-state index contributed by atoms with van der Waals surface area (Å²) in [5.41, 5.74) is 0. The Morgan fingerprint density at radius 1 is 1.12 bits per heavy atom. The van der Waals surface area contributed by atoms with Crippen LogP contribution in [-0.4, -0.2) is 54.7 Å². The van der Waals surface area contributed by atoms with Crippen molar-refractivity contribution in [2.75, 3.05) is 25.2 Å². The van der Waals surface area contributed by atoms with Crippen LogP contribution in [0, 0.1) is 0 Å². The topological polar surface area (TPSA) is 47.9 Å². The number of hydrogen-bond donors (Lipinski definition) is 1. The second-order valence-corrected chi connectivity index (χ2v) is 4.37. The molecule has 0 aliphatic carbocycles. The summed E-state index contributed by atoms with van der Waals surface area (Å²) in [6.45, 7) is 7.98. The van der Waals surface area contributed by atoms with Crippen molar-refractivity contribution < 1.29 is 19.3 Å². The second-order valence-electron chi connectivity index (χ2n) is 3.72. The number of aliphatic hydroxyl groups excluding tert-OH is 1. The molecule has 1 saturated heterocycles. The predicted molar refractivity (Wildman–Crippen MR) is 69.4 cm³/mol. The maximum atomic E-state index is 9.27. The molecule has 0 saturated carbocycles. The lowest BCUT2D eigenvalue weighted by atomic mass is 10.1. The van der Waals surface area contributed by atoms with Gasteiger partial charge in [-0.05, 0) is 0 Å². The van der Waals surface area contributed by atoms with E-state index in [2.05, 4.69) is 29.1 Å². The third-order valence-electron chi connectivity index (χ3n) is 2.55. The van der Waals surface area contributed by atoms with Crippen LogP contribution in [0.25, 0.3) is 0 Å². The summed E-state index contributed by atoms with van der Waals surface area (Å²) in [4.78, 5) is 0. The van der Waals surface area contributed by atoms with E-state index in [4.69, 9.17) is 14.2 Å². The summed E-state index contributed by atoms with van der Waals surface area (Å²) in [5.74, 6) is 0. The number of ether oxygens (including phenoxy) is 3. The molecule has 1 aliphatic rings. The van der Waals surface area contributed by atoms with Crippen molar-refractivity contribution in [3.8, 4) is 0 Å². The lowest BCUT2D eigenvalue weighted by molar-refractivity contribution is -0.0576. The SMILES string of the molecule is C=CCO[C@H]1[C@H](OCC=C)[C@@H](CBr)O[C@H]1CO. The molecule has 98 valence electrons. The maximum Gasteiger partial charge on any atom is 0.115 e. The molecule has 17 heavy (non-hydrogen) atoms. The van der Waals surface area contributed by atoms with Crippen molar-refractivity contribution in [1.82, 2.24) is 0 Å². The van der Waals surface area contributed by atoms with E-state index in [1.165, 1.54) is 0 Å². The minimum atomic E-state index is -0.354. The molecule has 1 aliphatic heterocycles. The van der Waals surface area contributed by atoms with E-state index >= 15 is 0 Å². The van der Waals surface area contributed by atoms with Crippen molar-refractivity contribution >= 4 is 15.9 Å². The summed E-state index contributed by atoms with van der Waals surface area (Å²) < 4.78 is 16.9. The number of alkyl halides is 1. The van der Waals surface area contributed by atoms with Crippen LogP contribution in [-0.2, 0) is 14.2 Å². The zero-order chi connectivity index (χ0) is 12.7. The molecule has 0 spiro atoms. The predicted octanol–water partition coefficient (Wildman–Crippen LogP) is 1.28. The van der Waals surface area contributed by atoms with Crippen LogP contribution in [0.15, 0.2) is 25.3 Å². The molecule has 4 nitrogen and oxygen atoms in total. The van der Waals surface area contributed by atoms with Crippen molar-refractivity contribution in [2.24, 2.45) is 0 Å². The van der Waals surface area contributed by atoms with Gasteiger partial charge < -0.3 is 19.3 Å². The van der Waals surface area contributed by atoms with Gasteiger partial charge in [-0.1, -0.05) is 28.1 Å². The highest BCUT2D eigenvalue weighted by atomic mass is 79.9. The molecule has 0 aromatic carbocycles. The maximum absolute atomic E-state index is 9.27. The molecule has 5 heteroatoms. The Morgan fingerprint density at radius 3 is 2.06 bits per heavy atom. The van der Waals surface area contributed by atoms with Gasteiger partial charge >= 0.3 is 0 Å². The van der Waals surface area contributed by atoms with E-state index in [0.29, 0.717) is 18.5 Å². The molecule has 0 amide bonds. The third kappa shape index (κ3) is 3.89. The molecular formula is C12H19BrO4. The Kier molecular flexibility index (Phi) is 6.99. The average Bonchev–Trinajstić information content (AvgIpc) is 2.70. The van der Waals surface area contributed by atoms with Crippen molar-refractivity contribution in [3.63, 3.8) is 0 Å². The highest BCUT2D eigenvalue weighted by Crippen LogP contribution is 2.27. The van der Waals surface area contributed by atoms with Gasteiger partial charge in [0.2, 0.25) is 0 Å². The molecule has 0 unspecified atom stereocenters. The summed E-state index contributed by atoms with van der Waals surface area (Å²) in [6.07, 6.45) is 2.39.